The van der Waals surface area contributed by atoms with E-state index in [0.29, 0.717) is 64.5 Å². The monoisotopic (exact) mass is 426 g/mol. The van der Waals surface area contributed by atoms with Gasteiger partial charge in [0.1, 0.15) is 0 Å². The Morgan fingerprint density at radius 1 is 0.900 bits per heavy atom. The number of pyridine rings is 1. The van der Waals surface area contributed by atoms with Gasteiger partial charge in [0.05, 0.1) is 44.7 Å². The van der Waals surface area contributed by atoms with Gasteiger partial charge in [0, 0.05) is 38.4 Å². The van der Waals surface area contributed by atoms with E-state index >= 15 is 0 Å². The van der Waals surface area contributed by atoms with Crippen molar-refractivity contribution in [3.63, 3.8) is 0 Å². The van der Waals surface area contributed by atoms with Crippen molar-refractivity contribution in [2.75, 3.05) is 69.5 Å². The third-order valence-electron chi connectivity index (χ3n) is 4.83. The fourth-order valence-corrected chi connectivity index (χ4v) is 3.24. The van der Waals surface area contributed by atoms with Gasteiger partial charge < -0.3 is 24.0 Å². The van der Waals surface area contributed by atoms with Crippen molar-refractivity contribution in [1.82, 2.24) is 19.9 Å². The molecule has 2 fully saturated rings. The molecule has 0 N–H and O–H groups in total. The average Bonchev–Trinajstić information content (AvgIpc) is 2.79. The van der Waals surface area contributed by atoms with E-state index in [1.165, 1.54) is 7.11 Å². The summed E-state index contributed by atoms with van der Waals surface area (Å²) in [6.45, 7) is 4.13. The van der Waals surface area contributed by atoms with Crippen molar-refractivity contribution in [3.05, 3.63) is 17.8 Å². The fraction of sp³-hybridized carbons (Fsp3) is 0.556. The third kappa shape index (κ3) is 4.38. The number of morpholine rings is 2. The number of ether oxygens (including phenoxy) is 3. The molecule has 0 bridgehead atoms. The molecule has 0 aliphatic carbocycles. The van der Waals surface area contributed by atoms with Crippen LogP contribution in [0.15, 0.2) is 12.3 Å². The molecule has 12 heteroatoms. The van der Waals surface area contributed by atoms with Crippen molar-refractivity contribution < 1.29 is 27.4 Å². The fourth-order valence-electron chi connectivity index (χ4n) is 3.24. The topological polar surface area (TPSA) is 85.7 Å². The highest BCUT2D eigenvalue weighted by molar-refractivity contribution is 5.63. The van der Waals surface area contributed by atoms with E-state index < -0.39 is 11.7 Å². The van der Waals surface area contributed by atoms with Gasteiger partial charge in [-0.15, -0.1) is 0 Å². The van der Waals surface area contributed by atoms with Crippen LogP contribution >= 0.6 is 0 Å². The summed E-state index contributed by atoms with van der Waals surface area (Å²) in [6.07, 6.45) is -3.54. The summed E-state index contributed by atoms with van der Waals surface area (Å²) in [5.74, 6) is 0.403. The van der Waals surface area contributed by atoms with Crippen molar-refractivity contribution in [1.29, 1.82) is 0 Å². The lowest BCUT2D eigenvalue weighted by Gasteiger charge is -2.30. The lowest BCUT2D eigenvalue weighted by Crippen LogP contribution is -2.40. The quantitative estimate of drug-likeness (QED) is 0.724. The predicted octanol–water partition coefficient (Wildman–Crippen LogP) is 1.63. The first-order valence-corrected chi connectivity index (χ1v) is 9.49. The maximum absolute atomic E-state index is 13.8. The number of methoxy groups -OCH3 is 1. The minimum atomic E-state index is -4.63. The number of halogens is 3. The lowest BCUT2D eigenvalue weighted by atomic mass is 10.1. The molecule has 162 valence electrons. The van der Waals surface area contributed by atoms with E-state index in [2.05, 4.69) is 19.9 Å². The Morgan fingerprint density at radius 3 is 1.90 bits per heavy atom. The zero-order valence-corrected chi connectivity index (χ0v) is 16.4. The Labute approximate surface area is 170 Å². The Morgan fingerprint density at radius 2 is 1.43 bits per heavy atom. The molecule has 0 aromatic carbocycles. The molecule has 2 saturated heterocycles. The highest BCUT2D eigenvalue weighted by Crippen LogP contribution is 2.38. The number of hydrogen-bond acceptors (Lipinski definition) is 9. The highest BCUT2D eigenvalue weighted by Gasteiger charge is 2.36. The molecule has 30 heavy (non-hydrogen) atoms. The molecule has 4 rings (SSSR count). The second-order valence-corrected chi connectivity index (χ2v) is 6.73. The van der Waals surface area contributed by atoms with Crippen LogP contribution in [0.2, 0.25) is 0 Å². The van der Waals surface area contributed by atoms with E-state index in [-0.39, 0.29) is 17.3 Å². The van der Waals surface area contributed by atoms with Crippen LogP contribution in [0.1, 0.15) is 5.56 Å². The summed E-state index contributed by atoms with van der Waals surface area (Å²) in [5, 5.41) is 0. The summed E-state index contributed by atoms with van der Waals surface area (Å²) >= 11 is 0. The van der Waals surface area contributed by atoms with Crippen LogP contribution in [0.4, 0.5) is 25.1 Å². The molecule has 0 radical (unpaired) electrons. The van der Waals surface area contributed by atoms with Crippen LogP contribution in [0.5, 0.6) is 5.88 Å². The third-order valence-corrected chi connectivity index (χ3v) is 4.83. The van der Waals surface area contributed by atoms with E-state index in [9.17, 15) is 13.2 Å². The first kappa shape index (κ1) is 20.5. The largest absolute Gasteiger partial charge is 0.481 e. The van der Waals surface area contributed by atoms with Gasteiger partial charge in [-0.3, -0.25) is 0 Å². The minimum Gasteiger partial charge on any atom is -0.481 e. The molecule has 0 unspecified atom stereocenters. The Bertz CT molecular complexity index is 850. The maximum Gasteiger partial charge on any atom is 0.417 e. The normalized spacial score (nSPS) is 17.9. The molecule has 0 amide bonds. The van der Waals surface area contributed by atoms with Crippen molar-refractivity contribution in [2.24, 2.45) is 0 Å². The molecule has 0 saturated carbocycles. The van der Waals surface area contributed by atoms with Crippen molar-refractivity contribution >= 4 is 11.9 Å². The van der Waals surface area contributed by atoms with E-state index in [4.69, 9.17) is 14.2 Å². The molecule has 0 spiro atoms. The van der Waals surface area contributed by atoms with Crippen LogP contribution in [0.25, 0.3) is 11.4 Å². The molecule has 0 atom stereocenters. The van der Waals surface area contributed by atoms with Gasteiger partial charge in [-0.05, 0) is 0 Å². The second-order valence-electron chi connectivity index (χ2n) is 6.73. The van der Waals surface area contributed by atoms with Crippen LogP contribution in [-0.2, 0) is 15.7 Å². The highest BCUT2D eigenvalue weighted by atomic mass is 19.4. The molecule has 2 aromatic heterocycles. The molecule has 2 aliphatic heterocycles. The lowest BCUT2D eigenvalue weighted by molar-refractivity contribution is -0.137. The summed E-state index contributed by atoms with van der Waals surface area (Å²) in [5.41, 5.74) is -1.14. The van der Waals surface area contributed by atoms with Crippen molar-refractivity contribution in [2.45, 2.75) is 6.18 Å². The van der Waals surface area contributed by atoms with Gasteiger partial charge in [-0.2, -0.15) is 28.1 Å². The summed E-state index contributed by atoms with van der Waals surface area (Å²) in [6, 6.07) is 0.849. The second kappa shape index (κ2) is 8.56. The number of anilines is 2. The standard InChI is InChI=1S/C18H21F3N6O3/c1-28-14-10-13(18(19,20)21)12(11-22-14)15-23-16(26-2-6-29-7-3-26)25-17(24-15)27-4-8-30-9-5-27/h10-11H,2-9H2,1H3. The Kier molecular flexibility index (Phi) is 5.86. The molecule has 2 aromatic rings. The van der Waals surface area contributed by atoms with E-state index in [1.807, 2.05) is 9.80 Å². The molecular weight excluding hydrogens is 405 g/mol. The molecule has 2 aliphatic rings. The van der Waals surface area contributed by atoms with Crippen LogP contribution in [0, 0.1) is 0 Å². The van der Waals surface area contributed by atoms with Gasteiger partial charge in [-0.1, -0.05) is 0 Å². The molecular formula is C18H21F3N6O3. The van der Waals surface area contributed by atoms with Gasteiger partial charge in [0.25, 0.3) is 0 Å². The minimum absolute atomic E-state index is 0.0875. The zero-order chi connectivity index (χ0) is 21.1. The number of hydrogen-bond donors (Lipinski definition) is 0. The van der Waals surface area contributed by atoms with Crippen LogP contribution in [-0.4, -0.2) is 79.7 Å². The van der Waals surface area contributed by atoms with Crippen molar-refractivity contribution in [3.8, 4) is 17.3 Å². The van der Waals surface area contributed by atoms with Crippen LogP contribution < -0.4 is 14.5 Å². The van der Waals surface area contributed by atoms with Gasteiger partial charge >= 0.3 is 6.18 Å². The average molecular weight is 426 g/mol. The first-order valence-electron chi connectivity index (χ1n) is 9.49. The SMILES string of the molecule is COc1cc(C(F)(F)F)c(-c2nc(N3CCOCC3)nc(N3CCOCC3)n2)cn1. The Hall–Kier alpha value is -2.73. The number of aromatic nitrogens is 4. The predicted molar refractivity (Wildman–Crippen MR) is 101 cm³/mol. The van der Waals surface area contributed by atoms with E-state index in [1.54, 1.807) is 0 Å². The summed E-state index contributed by atoms with van der Waals surface area (Å²) in [7, 11) is 1.26. The van der Waals surface area contributed by atoms with Gasteiger partial charge in [-0.25, -0.2) is 4.98 Å². The number of alkyl halides is 3. The summed E-state index contributed by atoms with van der Waals surface area (Å²) in [4.78, 5) is 20.9. The zero-order valence-electron chi connectivity index (χ0n) is 16.4. The molecule has 9 nitrogen and oxygen atoms in total. The number of nitrogens with zero attached hydrogens (tertiary/aromatic N) is 6. The molecule has 4 heterocycles. The number of rotatable bonds is 4. The summed E-state index contributed by atoms with van der Waals surface area (Å²) < 4.78 is 56.8. The van der Waals surface area contributed by atoms with Crippen LogP contribution in [0.3, 0.4) is 0 Å². The Balaban J connectivity index is 1.82. The van der Waals surface area contributed by atoms with Gasteiger partial charge in [0.2, 0.25) is 17.8 Å². The first-order chi connectivity index (χ1) is 14.5. The van der Waals surface area contributed by atoms with Gasteiger partial charge in [0.15, 0.2) is 5.82 Å². The van der Waals surface area contributed by atoms with E-state index in [0.717, 1.165) is 12.3 Å². The maximum atomic E-state index is 13.8. The smallest absolute Gasteiger partial charge is 0.417 e.